The summed E-state index contributed by atoms with van der Waals surface area (Å²) in [6.07, 6.45) is 1.03. The van der Waals surface area contributed by atoms with Gasteiger partial charge in [-0.15, -0.1) is 11.3 Å². The second-order valence-corrected chi connectivity index (χ2v) is 4.56. The zero-order valence-corrected chi connectivity index (χ0v) is 9.84. The van der Waals surface area contributed by atoms with Gasteiger partial charge < -0.3 is 10.0 Å². The fourth-order valence-electron chi connectivity index (χ4n) is 1.20. The van der Waals surface area contributed by atoms with Crippen LogP contribution in [0, 0.1) is 6.92 Å². The molecule has 1 heterocycles. The fraction of sp³-hybridized carbons (Fsp3) is 0.700. The molecule has 0 saturated carbocycles. The highest BCUT2D eigenvalue weighted by Gasteiger charge is 2.08. The molecule has 1 atom stereocenters. The van der Waals surface area contributed by atoms with Crippen molar-refractivity contribution >= 4 is 11.3 Å². The Bertz CT molecular complexity index is 275. The Kier molecular flexibility index (Phi) is 4.51. The van der Waals surface area contributed by atoms with Crippen molar-refractivity contribution in [3.63, 3.8) is 0 Å². The maximum atomic E-state index is 8.97. The van der Waals surface area contributed by atoms with E-state index in [1.54, 1.807) is 11.3 Å². The molecule has 0 fully saturated rings. The van der Waals surface area contributed by atoms with Gasteiger partial charge in [-0.3, -0.25) is 0 Å². The molecule has 1 rings (SSSR count). The van der Waals surface area contributed by atoms with E-state index >= 15 is 0 Å². The minimum absolute atomic E-state index is 0.220. The first kappa shape index (κ1) is 11.6. The molecule has 14 heavy (non-hydrogen) atoms. The molecule has 0 aliphatic heterocycles. The van der Waals surface area contributed by atoms with Gasteiger partial charge in [0, 0.05) is 17.5 Å². The summed E-state index contributed by atoms with van der Waals surface area (Å²) in [5.74, 6) is 0. The number of likely N-dealkylation sites (N-methyl/N-ethyl adjacent to an activating group) is 1. The van der Waals surface area contributed by atoms with Crippen molar-refractivity contribution in [1.82, 2.24) is 9.88 Å². The molecule has 0 saturated heterocycles. The van der Waals surface area contributed by atoms with Gasteiger partial charge >= 0.3 is 0 Å². The monoisotopic (exact) mass is 214 g/mol. The normalized spacial score (nSPS) is 13.5. The summed E-state index contributed by atoms with van der Waals surface area (Å²) >= 11 is 1.71. The average Bonchev–Trinajstić information content (AvgIpc) is 2.59. The highest BCUT2D eigenvalue weighted by molar-refractivity contribution is 7.09. The van der Waals surface area contributed by atoms with Crippen molar-refractivity contribution in [1.29, 1.82) is 0 Å². The van der Waals surface area contributed by atoms with Gasteiger partial charge in [-0.2, -0.15) is 0 Å². The molecular weight excluding hydrogens is 196 g/mol. The lowest BCUT2D eigenvalue weighted by Crippen LogP contribution is -2.33. The Hall–Kier alpha value is -0.450. The van der Waals surface area contributed by atoms with Crippen molar-refractivity contribution in [2.45, 2.75) is 26.3 Å². The molecule has 1 aromatic rings. The molecular formula is C10H18N2OS. The molecule has 0 amide bonds. The third-order valence-corrected chi connectivity index (χ3v) is 3.55. The van der Waals surface area contributed by atoms with Crippen molar-refractivity contribution in [3.8, 4) is 0 Å². The summed E-state index contributed by atoms with van der Waals surface area (Å²) in [6, 6.07) is 0.239. The van der Waals surface area contributed by atoms with E-state index in [0.29, 0.717) is 0 Å². The standard InChI is InChI=1S/C10H18N2OS/c1-8(6-13)12(3)5-4-10-9(2)11-7-14-10/h7-8,13H,4-6H2,1-3H3. The van der Waals surface area contributed by atoms with Crippen LogP contribution in [-0.4, -0.2) is 41.2 Å². The molecule has 1 unspecified atom stereocenters. The number of aryl methyl sites for hydroxylation is 1. The molecule has 0 aliphatic rings. The topological polar surface area (TPSA) is 36.4 Å². The third-order valence-electron chi connectivity index (χ3n) is 2.55. The van der Waals surface area contributed by atoms with E-state index < -0.39 is 0 Å². The number of thiazole rings is 1. The molecule has 4 heteroatoms. The first-order valence-electron chi connectivity index (χ1n) is 4.85. The smallest absolute Gasteiger partial charge is 0.0797 e. The van der Waals surface area contributed by atoms with Gasteiger partial charge in [0.05, 0.1) is 17.8 Å². The largest absolute Gasteiger partial charge is 0.395 e. The maximum Gasteiger partial charge on any atom is 0.0797 e. The van der Waals surface area contributed by atoms with Gasteiger partial charge in [-0.25, -0.2) is 4.98 Å². The van der Waals surface area contributed by atoms with Gasteiger partial charge in [-0.1, -0.05) is 0 Å². The van der Waals surface area contributed by atoms with Gasteiger partial charge in [0.25, 0.3) is 0 Å². The van der Waals surface area contributed by atoms with Gasteiger partial charge in [0.1, 0.15) is 0 Å². The van der Waals surface area contributed by atoms with E-state index in [0.717, 1.165) is 18.7 Å². The second-order valence-electron chi connectivity index (χ2n) is 3.62. The van der Waals surface area contributed by atoms with Crippen molar-refractivity contribution < 1.29 is 5.11 Å². The summed E-state index contributed by atoms with van der Waals surface area (Å²) < 4.78 is 0. The summed E-state index contributed by atoms with van der Waals surface area (Å²) in [6.45, 7) is 5.27. The predicted molar refractivity (Wildman–Crippen MR) is 59.7 cm³/mol. The molecule has 0 spiro atoms. The van der Waals surface area contributed by atoms with E-state index in [4.69, 9.17) is 5.11 Å². The minimum atomic E-state index is 0.220. The number of hydrogen-bond donors (Lipinski definition) is 1. The number of nitrogens with zero attached hydrogens (tertiary/aromatic N) is 2. The fourth-order valence-corrected chi connectivity index (χ4v) is 1.97. The summed E-state index contributed by atoms with van der Waals surface area (Å²) in [5, 5.41) is 8.97. The molecule has 0 bridgehead atoms. The maximum absolute atomic E-state index is 8.97. The van der Waals surface area contributed by atoms with Crippen LogP contribution >= 0.6 is 11.3 Å². The van der Waals surface area contributed by atoms with Crippen LogP contribution in [-0.2, 0) is 6.42 Å². The van der Waals surface area contributed by atoms with Crippen molar-refractivity contribution in [2.75, 3.05) is 20.2 Å². The van der Waals surface area contributed by atoms with Crippen LogP contribution in [0.25, 0.3) is 0 Å². The summed E-state index contributed by atoms with van der Waals surface area (Å²) in [4.78, 5) is 7.73. The van der Waals surface area contributed by atoms with Crippen LogP contribution in [0.1, 0.15) is 17.5 Å². The first-order valence-corrected chi connectivity index (χ1v) is 5.73. The van der Waals surface area contributed by atoms with Gasteiger partial charge in [-0.05, 0) is 27.3 Å². The lowest BCUT2D eigenvalue weighted by molar-refractivity contribution is 0.160. The van der Waals surface area contributed by atoms with E-state index in [1.807, 2.05) is 26.4 Å². The van der Waals surface area contributed by atoms with Gasteiger partial charge in [0.15, 0.2) is 0 Å². The van der Waals surface area contributed by atoms with E-state index in [2.05, 4.69) is 9.88 Å². The zero-order chi connectivity index (χ0) is 10.6. The van der Waals surface area contributed by atoms with E-state index in [9.17, 15) is 0 Å². The van der Waals surface area contributed by atoms with E-state index in [1.165, 1.54) is 4.88 Å². The number of aliphatic hydroxyl groups is 1. The number of aliphatic hydroxyl groups excluding tert-OH is 1. The minimum Gasteiger partial charge on any atom is -0.395 e. The number of hydrogen-bond acceptors (Lipinski definition) is 4. The van der Waals surface area contributed by atoms with Crippen LogP contribution in [0.3, 0.4) is 0 Å². The first-order chi connectivity index (χ1) is 6.65. The van der Waals surface area contributed by atoms with Crippen LogP contribution in [0.5, 0.6) is 0 Å². The van der Waals surface area contributed by atoms with Gasteiger partial charge in [0.2, 0.25) is 0 Å². The average molecular weight is 214 g/mol. The number of rotatable bonds is 5. The highest BCUT2D eigenvalue weighted by Crippen LogP contribution is 2.13. The van der Waals surface area contributed by atoms with Crippen molar-refractivity contribution in [3.05, 3.63) is 16.1 Å². The summed E-state index contributed by atoms with van der Waals surface area (Å²) in [7, 11) is 2.04. The summed E-state index contributed by atoms with van der Waals surface area (Å²) in [5.41, 5.74) is 3.03. The highest BCUT2D eigenvalue weighted by atomic mass is 32.1. The number of aromatic nitrogens is 1. The molecule has 80 valence electrons. The zero-order valence-electron chi connectivity index (χ0n) is 9.03. The van der Waals surface area contributed by atoms with E-state index in [-0.39, 0.29) is 12.6 Å². The Morgan fingerprint density at radius 2 is 2.36 bits per heavy atom. The molecule has 1 aromatic heterocycles. The lowest BCUT2D eigenvalue weighted by Gasteiger charge is -2.22. The molecule has 0 radical (unpaired) electrons. The molecule has 0 aromatic carbocycles. The van der Waals surface area contributed by atoms with Crippen molar-refractivity contribution in [2.24, 2.45) is 0 Å². The Morgan fingerprint density at radius 3 is 2.86 bits per heavy atom. The molecule has 0 aliphatic carbocycles. The Balaban J connectivity index is 2.37. The van der Waals surface area contributed by atoms with Crippen LogP contribution in [0.2, 0.25) is 0 Å². The SMILES string of the molecule is Cc1ncsc1CCN(C)C(C)CO. The third kappa shape index (κ3) is 3.04. The lowest BCUT2D eigenvalue weighted by atomic mass is 10.2. The Labute approximate surface area is 89.4 Å². The molecule has 1 N–H and O–H groups in total. The van der Waals surface area contributed by atoms with Crippen LogP contribution in [0.4, 0.5) is 0 Å². The van der Waals surface area contributed by atoms with Crippen LogP contribution < -0.4 is 0 Å². The quantitative estimate of drug-likeness (QED) is 0.803. The van der Waals surface area contributed by atoms with Crippen LogP contribution in [0.15, 0.2) is 5.51 Å². The Morgan fingerprint density at radius 1 is 1.64 bits per heavy atom. The second kappa shape index (κ2) is 5.44. The molecule has 3 nitrogen and oxygen atoms in total. The predicted octanol–water partition coefficient (Wildman–Crippen LogP) is 1.31.